The fourth-order valence-electron chi connectivity index (χ4n) is 0.599. The van der Waals surface area contributed by atoms with Crippen molar-refractivity contribution in [2.24, 2.45) is 0 Å². The average molecular weight is 147 g/mol. The van der Waals surface area contributed by atoms with Gasteiger partial charge in [0.05, 0.1) is 6.61 Å². The number of carboxylic acids is 1. The molecule has 4 heteroatoms. The molecule has 60 valence electrons. The molecule has 1 atom stereocenters. The van der Waals surface area contributed by atoms with Crippen LogP contribution in [0.3, 0.4) is 0 Å². The smallest absolute Gasteiger partial charge is 0.323 e. The lowest BCUT2D eigenvalue weighted by atomic mass is 10.3. The summed E-state index contributed by atoms with van der Waals surface area (Å²) in [6.45, 7) is 0.225. The minimum Gasteiger partial charge on any atom is -0.480 e. The summed E-state index contributed by atoms with van der Waals surface area (Å²) < 4.78 is 4.70. The average Bonchev–Trinajstić information content (AvgIpc) is 1.81. The quantitative estimate of drug-likeness (QED) is 0.590. The number of nitrogens with zero attached hydrogens (tertiary/aromatic N) is 1. The number of aliphatic carboxylic acids is 1. The second-order valence-corrected chi connectivity index (χ2v) is 2.27. The van der Waals surface area contributed by atoms with Crippen LogP contribution in [0, 0.1) is 0 Å². The Morgan fingerprint density at radius 2 is 2.20 bits per heavy atom. The molecule has 0 radical (unpaired) electrons. The van der Waals surface area contributed by atoms with Gasteiger partial charge in [-0.25, -0.2) is 0 Å². The van der Waals surface area contributed by atoms with Crippen molar-refractivity contribution in [2.45, 2.75) is 6.04 Å². The third kappa shape index (κ3) is 2.80. The summed E-state index contributed by atoms with van der Waals surface area (Å²) in [5, 5.41) is 8.55. The van der Waals surface area contributed by atoms with Crippen LogP contribution in [0.4, 0.5) is 0 Å². The summed E-state index contributed by atoms with van der Waals surface area (Å²) in [6.07, 6.45) is 0. The van der Waals surface area contributed by atoms with E-state index in [9.17, 15) is 4.79 Å². The molecule has 0 aromatic carbocycles. The predicted octanol–water partition coefficient (Wildman–Crippen LogP) is -0.352. The van der Waals surface area contributed by atoms with Gasteiger partial charge >= 0.3 is 5.97 Å². The molecule has 1 N–H and O–H groups in total. The first-order valence-corrected chi connectivity index (χ1v) is 2.97. The van der Waals surface area contributed by atoms with Crippen molar-refractivity contribution in [3.63, 3.8) is 0 Å². The number of carbonyl (C=O) groups is 1. The fraction of sp³-hybridized carbons (Fsp3) is 0.833. The van der Waals surface area contributed by atoms with E-state index in [-0.39, 0.29) is 6.61 Å². The lowest BCUT2D eigenvalue weighted by Crippen LogP contribution is -2.39. The third-order valence-corrected chi connectivity index (χ3v) is 1.23. The molecule has 0 heterocycles. The Morgan fingerprint density at radius 3 is 2.30 bits per heavy atom. The van der Waals surface area contributed by atoms with Gasteiger partial charge in [-0.3, -0.25) is 9.69 Å². The van der Waals surface area contributed by atoms with Gasteiger partial charge in [-0.1, -0.05) is 0 Å². The van der Waals surface area contributed by atoms with Gasteiger partial charge in [0.1, 0.15) is 6.04 Å². The Morgan fingerprint density at radius 1 is 1.70 bits per heavy atom. The molecule has 1 unspecified atom stereocenters. The van der Waals surface area contributed by atoms with Gasteiger partial charge in [0.2, 0.25) is 0 Å². The number of ether oxygens (including phenoxy) is 1. The van der Waals surface area contributed by atoms with Crippen LogP contribution in [0.15, 0.2) is 0 Å². The zero-order valence-electron chi connectivity index (χ0n) is 6.50. The lowest BCUT2D eigenvalue weighted by Gasteiger charge is -2.18. The van der Waals surface area contributed by atoms with Crippen molar-refractivity contribution in [3.8, 4) is 0 Å². The molecule has 0 saturated heterocycles. The van der Waals surface area contributed by atoms with Gasteiger partial charge in [0, 0.05) is 7.11 Å². The molecule has 0 amide bonds. The molecule has 0 fully saturated rings. The highest BCUT2D eigenvalue weighted by atomic mass is 16.5. The van der Waals surface area contributed by atoms with Gasteiger partial charge in [-0.2, -0.15) is 0 Å². The lowest BCUT2D eigenvalue weighted by molar-refractivity contribution is -0.144. The molecule has 10 heavy (non-hydrogen) atoms. The van der Waals surface area contributed by atoms with Gasteiger partial charge in [0.15, 0.2) is 0 Å². The largest absolute Gasteiger partial charge is 0.480 e. The minimum absolute atomic E-state index is 0.225. The van der Waals surface area contributed by atoms with Crippen molar-refractivity contribution in [2.75, 3.05) is 27.8 Å². The number of likely N-dealkylation sites (N-methyl/N-ethyl adjacent to an activating group) is 1. The Labute approximate surface area is 60.4 Å². The SMILES string of the molecule is COCC(C(=O)O)N(C)C. The summed E-state index contributed by atoms with van der Waals surface area (Å²) in [5.74, 6) is -0.855. The molecule has 4 nitrogen and oxygen atoms in total. The van der Waals surface area contributed by atoms with Gasteiger partial charge < -0.3 is 9.84 Å². The number of hydrogen-bond acceptors (Lipinski definition) is 3. The second kappa shape index (κ2) is 4.24. The molecule has 0 aliphatic rings. The highest BCUT2D eigenvalue weighted by Gasteiger charge is 2.18. The summed E-state index contributed by atoms with van der Waals surface area (Å²) >= 11 is 0. The molecule has 0 bridgehead atoms. The zero-order valence-corrected chi connectivity index (χ0v) is 6.50. The van der Waals surface area contributed by atoms with Crippen molar-refractivity contribution >= 4 is 5.97 Å². The maximum absolute atomic E-state index is 10.4. The molecule has 0 aromatic rings. The number of rotatable bonds is 4. The van der Waals surface area contributed by atoms with Crippen LogP contribution < -0.4 is 0 Å². The van der Waals surface area contributed by atoms with Crippen LogP contribution in [0.5, 0.6) is 0 Å². The van der Waals surface area contributed by atoms with Crippen molar-refractivity contribution < 1.29 is 14.6 Å². The number of carboxylic acid groups (broad SMARTS) is 1. The van der Waals surface area contributed by atoms with Crippen LogP contribution in [0.2, 0.25) is 0 Å². The van der Waals surface area contributed by atoms with Crippen LogP contribution >= 0.6 is 0 Å². The maximum atomic E-state index is 10.4. The van der Waals surface area contributed by atoms with E-state index in [0.29, 0.717) is 0 Å². The number of hydrogen-bond donors (Lipinski definition) is 1. The Kier molecular flexibility index (Phi) is 3.99. The first-order chi connectivity index (χ1) is 4.59. The molecule has 0 spiro atoms. The van der Waals surface area contributed by atoms with Gasteiger partial charge in [-0.05, 0) is 14.1 Å². The standard InChI is InChI=1S/C6H13NO3/c1-7(2)5(4-10-3)6(8)9/h5H,4H2,1-3H3,(H,8,9). The fourth-order valence-corrected chi connectivity index (χ4v) is 0.599. The molecule has 0 aromatic heterocycles. The Hall–Kier alpha value is -0.610. The van der Waals surface area contributed by atoms with E-state index in [2.05, 4.69) is 0 Å². The summed E-state index contributed by atoms with van der Waals surface area (Å²) in [5.41, 5.74) is 0. The highest BCUT2D eigenvalue weighted by Crippen LogP contribution is 1.92. The minimum atomic E-state index is -0.855. The van der Waals surface area contributed by atoms with Crippen LogP contribution in [-0.4, -0.2) is 49.8 Å². The number of methoxy groups -OCH3 is 1. The molecule has 0 saturated carbocycles. The molecule has 0 aliphatic carbocycles. The highest BCUT2D eigenvalue weighted by molar-refractivity contribution is 5.73. The Balaban J connectivity index is 3.85. The predicted molar refractivity (Wildman–Crippen MR) is 37.0 cm³/mol. The molecule has 0 aliphatic heterocycles. The van der Waals surface area contributed by atoms with Crippen molar-refractivity contribution in [1.82, 2.24) is 4.90 Å². The first-order valence-electron chi connectivity index (χ1n) is 2.97. The second-order valence-electron chi connectivity index (χ2n) is 2.27. The van der Waals surface area contributed by atoms with E-state index < -0.39 is 12.0 Å². The molecular formula is C6H13NO3. The van der Waals surface area contributed by atoms with E-state index in [1.807, 2.05) is 0 Å². The van der Waals surface area contributed by atoms with Crippen LogP contribution in [0.25, 0.3) is 0 Å². The summed E-state index contributed by atoms with van der Waals surface area (Å²) in [7, 11) is 4.90. The maximum Gasteiger partial charge on any atom is 0.323 e. The topological polar surface area (TPSA) is 49.8 Å². The monoisotopic (exact) mass is 147 g/mol. The van der Waals surface area contributed by atoms with Crippen molar-refractivity contribution in [3.05, 3.63) is 0 Å². The normalized spacial score (nSPS) is 13.6. The van der Waals surface area contributed by atoms with E-state index in [0.717, 1.165) is 0 Å². The van der Waals surface area contributed by atoms with E-state index in [1.165, 1.54) is 7.11 Å². The van der Waals surface area contributed by atoms with E-state index >= 15 is 0 Å². The molecule has 0 rings (SSSR count). The Bertz CT molecular complexity index is 114. The van der Waals surface area contributed by atoms with Gasteiger partial charge in [0.25, 0.3) is 0 Å². The van der Waals surface area contributed by atoms with E-state index in [1.54, 1.807) is 19.0 Å². The summed E-state index contributed by atoms with van der Waals surface area (Å²) in [6, 6.07) is -0.537. The van der Waals surface area contributed by atoms with Crippen LogP contribution in [-0.2, 0) is 9.53 Å². The molecular weight excluding hydrogens is 134 g/mol. The van der Waals surface area contributed by atoms with Crippen molar-refractivity contribution in [1.29, 1.82) is 0 Å². The van der Waals surface area contributed by atoms with Crippen LogP contribution in [0.1, 0.15) is 0 Å². The third-order valence-electron chi connectivity index (χ3n) is 1.23. The first kappa shape index (κ1) is 9.39. The van der Waals surface area contributed by atoms with E-state index in [4.69, 9.17) is 9.84 Å². The van der Waals surface area contributed by atoms with Gasteiger partial charge in [-0.15, -0.1) is 0 Å². The zero-order chi connectivity index (χ0) is 8.15. The summed E-state index contributed by atoms with van der Waals surface area (Å²) in [4.78, 5) is 12.0.